The van der Waals surface area contributed by atoms with E-state index in [1.54, 1.807) is 30.3 Å². The number of fused-ring (bicyclic) bond motifs is 2. The van der Waals surface area contributed by atoms with Crippen LogP contribution < -0.4 is 10.7 Å². The third-order valence-corrected chi connectivity index (χ3v) is 4.96. The number of amides is 1. The number of benzene rings is 3. The van der Waals surface area contributed by atoms with Crippen molar-refractivity contribution >= 4 is 39.2 Å². The molecule has 0 saturated carbocycles. The fraction of sp³-hybridized carbons (Fsp3) is 0.0909. The number of aryl methyl sites for hydroxylation is 2. The Hall–Kier alpha value is -4.00. The van der Waals surface area contributed by atoms with Crippen LogP contribution in [0.3, 0.4) is 0 Å². The minimum Gasteiger partial charge on any atom is -0.455 e. The van der Waals surface area contributed by atoms with Gasteiger partial charge in [-0.2, -0.15) is 0 Å². The Labute approximate surface area is 164 Å². The molecule has 0 saturated heterocycles. The third-order valence-electron chi connectivity index (χ3n) is 4.96. The van der Waals surface area contributed by atoms with Crippen molar-refractivity contribution in [2.24, 2.45) is 0 Å². The Balaban J connectivity index is 1.79. The first-order valence-corrected chi connectivity index (χ1v) is 8.88. The zero-order valence-electron chi connectivity index (χ0n) is 15.7. The monoisotopic (exact) mass is 388 g/mol. The number of carbonyl (C=O) groups excluding carboxylic acids is 1. The van der Waals surface area contributed by atoms with Gasteiger partial charge in [-0.05, 0) is 49.2 Å². The van der Waals surface area contributed by atoms with Gasteiger partial charge >= 0.3 is 0 Å². The summed E-state index contributed by atoms with van der Waals surface area (Å²) in [5.41, 5.74) is 2.59. The quantitative estimate of drug-likeness (QED) is 0.311. The largest absolute Gasteiger partial charge is 0.455 e. The SMILES string of the molecule is Cc1ccc2c(=O)c3ccc(NC(=O)c4ccccc4[N+](=O)[O-])cc3oc2c1C. The maximum absolute atomic E-state index is 12.8. The highest BCUT2D eigenvalue weighted by Crippen LogP contribution is 2.26. The molecule has 29 heavy (non-hydrogen) atoms. The fourth-order valence-corrected chi connectivity index (χ4v) is 3.25. The number of nitrogens with zero attached hydrogens (tertiary/aromatic N) is 1. The molecule has 7 nitrogen and oxygen atoms in total. The number of carbonyl (C=O) groups is 1. The fourth-order valence-electron chi connectivity index (χ4n) is 3.25. The van der Waals surface area contributed by atoms with Crippen LogP contribution >= 0.6 is 0 Å². The molecular formula is C22H16N2O5. The molecule has 0 aliphatic rings. The van der Waals surface area contributed by atoms with Crippen LogP contribution in [0.25, 0.3) is 21.9 Å². The Morgan fingerprint density at radius 2 is 1.76 bits per heavy atom. The summed E-state index contributed by atoms with van der Waals surface area (Å²) >= 11 is 0. The number of para-hydroxylation sites is 1. The molecule has 0 bridgehead atoms. The molecule has 3 aromatic carbocycles. The average molecular weight is 388 g/mol. The highest BCUT2D eigenvalue weighted by molar-refractivity contribution is 6.07. The van der Waals surface area contributed by atoms with E-state index >= 15 is 0 Å². The second-order valence-corrected chi connectivity index (χ2v) is 6.75. The van der Waals surface area contributed by atoms with E-state index < -0.39 is 10.8 Å². The molecule has 4 aromatic rings. The lowest BCUT2D eigenvalue weighted by atomic mass is 10.0. The molecule has 144 valence electrons. The number of rotatable bonds is 3. The van der Waals surface area contributed by atoms with Crippen LogP contribution in [-0.2, 0) is 0 Å². The molecule has 0 radical (unpaired) electrons. The number of hydrogen-bond donors (Lipinski definition) is 1. The summed E-state index contributed by atoms with van der Waals surface area (Å²) in [7, 11) is 0. The van der Waals surface area contributed by atoms with Crippen LogP contribution in [0.5, 0.6) is 0 Å². The Morgan fingerprint density at radius 1 is 1.03 bits per heavy atom. The molecule has 0 fully saturated rings. The first-order chi connectivity index (χ1) is 13.9. The van der Waals surface area contributed by atoms with Crippen LogP contribution in [0.4, 0.5) is 11.4 Å². The standard InChI is InChI=1S/C22H16N2O5/c1-12-7-9-17-20(25)16-10-8-14(11-19(16)29-21(17)13(12)2)23-22(26)15-5-3-4-6-18(15)24(27)28/h3-11H,1-2H3,(H,23,26). The van der Waals surface area contributed by atoms with E-state index in [1.165, 1.54) is 18.2 Å². The van der Waals surface area contributed by atoms with Crippen molar-refractivity contribution in [1.82, 2.24) is 0 Å². The van der Waals surface area contributed by atoms with Crippen molar-refractivity contribution in [2.75, 3.05) is 5.32 Å². The summed E-state index contributed by atoms with van der Waals surface area (Å²) in [6, 6.07) is 14.0. The topological polar surface area (TPSA) is 102 Å². The van der Waals surface area contributed by atoms with Gasteiger partial charge in [-0.15, -0.1) is 0 Å². The normalized spacial score (nSPS) is 11.0. The Bertz CT molecular complexity index is 1370. The molecule has 0 aliphatic heterocycles. The first kappa shape index (κ1) is 18.4. The zero-order valence-corrected chi connectivity index (χ0v) is 15.7. The zero-order chi connectivity index (χ0) is 20.7. The van der Waals surface area contributed by atoms with Gasteiger partial charge in [0.2, 0.25) is 5.43 Å². The van der Waals surface area contributed by atoms with Gasteiger partial charge in [0.25, 0.3) is 11.6 Å². The lowest BCUT2D eigenvalue weighted by Gasteiger charge is -2.09. The van der Waals surface area contributed by atoms with Crippen LogP contribution in [0, 0.1) is 24.0 Å². The van der Waals surface area contributed by atoms with E-state index in [2.05, 4.69) is 5.32 Å². The van der Waals surface area contributed by atoms with Gasteiger partial charge in [0.05, 0.1) is 15.7 Å². The van der Waals surface area contributed by atoms with Gasteiger partial charge in [-0.1, -0.05) is 18.2 Å². The van der Waals surface area contributed by atoms with Gasteiger partial charge in [0, 0.05) is 17.8 Å². The molecular weight excluding hydrogens is 372 g/mol. The van der Waals surface area contributed by atoms with Crippen molar-refractivity contribution < 1.29 is 14.1 Å². The summed E-state index contributed by atoms with van der Waals surface area (Å²) in [5.74, 6) is -0.619. The van der Waals surface area contributed by atoms with Crippen molar-refractivity contribution in [3.05, 3.63) is 91.6 Å². The molecule has 7 heteroatoms. The van der Waals surface area contributed by atoms with E-state index in [4.69, 9.17) is 4.42 Å². The van der Waals surface area contributed by atoms with Gasteiger partial charge in [0.15, 0.2) is 0 Å². The molecule has 0 atom stereocenters. The maximum Gasteiger partial charge on any atom is 0.282 e. The number of nitro benzene ring substituents is 1. The Morgan fingerprint density at radius 3 is 2.52 bits per heavy atom. The molecule has 1 aromatic heterocycles. The van der Waals surface area contributed by atoms with Crippen molar-refractivity contribution in [1.29, 1.82) is 0 Å². The molecule has 1 N–H and O–H groups in total. The van der Waals surface area contributed by atoms with Gasteiger partial charge in [0.1, 0.15) is 16.7 Å². The molecule has 4 rings (SSSR count). The lowest BCUT2D eigenvalue weighted by molar-refractivity contribution is -0.385. The minimum absolute atomic E-state index is 0.0518. The van der Waals surface area contributed by atoms with E-state index in [0.717, 1.165) is 11.1 Å². The number of anilines is 1. The average Bonchev–Trinajstić information content (AvgIpc) is 2.71. The van der Waals surface area contributed by atoms with Gasteiger partial charge < -0.3 is 9.73 Å². The summed E-state index contributed by atoms with van der Waals surface area (Å²) < 4.78 is 5.97. The van der Waals surface area contributed by atoms with Crippen molar-refractivity contribution in [2.45, 2.75) is 13.8 Å². The van der Waals surface area contributed by atoms with Gasteiger partial charge in [-0.3, -0.25) is 19.7 Å². The van der Waals surface area contributed by atoms with Crippen LogP contribution in [0.15, 0.2) is 63.8 Å². The minimum atomic E-state index is -0.619. The highest BCUT2D eigenvalue weighted by atomic mass is 16.6. The van der Waals surface area contributed by atoms with Crippen LogP contribution in [0.2, 0.25) is 0 Å². The number of nitrogens with one attached hydrogen (secondary N) is 1. The van der Waals surface area contributed by atoms with Crippen LogP contribution in [0.1, 0.15) is 21.5 Å². The lowest BCUT2D eigenvalue weighted by Crippen LogP contribution is -2.14. The highest BCUT2D eigenvalue weighted by Gasteiger charge is 2.19. The molecule has 0 unspecified atom stereocenters. The molecule has 0 spiro atoms. The summed E-state index contributed by atoms with van der Waals surface area (Å²) in [5, 5.41) is 14.7. The van der Waals surface area contributed by atoms with Crippen molar-refractivity contribution in [3.8, 4) is 0 Å². The Kier molecular flexibility index (Phi) is 4.35. The van der Waals surface area contributed by atoms with Crippen molar-refractivity contribution in [3.63, 3.8) is 0 Å². The van der Waals surface area contributed by atoms with E-state index in [1.807, 2.05) is 19.9 Å². The second kappa shape index (κ2) is 6.87. The predicted molar refractivity (Wildman–Crippen MR) is 111 cm³/mol. The third kappa shape index (κ3) is 3.12. The smallest absolute Gasteiger partial charge is 0.282 e. The summed E-state index contributed by atoms with van der Waals surface area (Å²) in [4.78, 5) is 35.9. The van der Waals surface area contributed by atoms with E-state index in [0.29, 0.717) is 27.6 Å². The molecule has 0 aliphatic carbocycles. The summed E-state index contributed by atoms with van der Waals surface area (Å²) in [6.07, 6.45) is 0. The number of nitro groups is 1. The van der Waals surface area contributed by atoms with Gasteiger partial charge in [-0.25, -0.2) is 0 Å². The maximum atomic E-state index is 12.8. The number of hydrogen-bond acceptors (Lipinski definition) is 5. The van der Waals surface area contributed by atoms with Crippen LogP contribution in [-0.4, -0.2) is 10.8 Å². The van der Waals surface area contributed by atoms with E-state index in [9.17, 15) is 19.7 Å². The first-order valence-electron chi connectivity index (χ1n) is 8.88. The second-order valence-electron chi connectivity index (χ2n) is 6.75. The van der Waals surface area contributed by atoms with E-state index in [-0.39, 0.29) is 16.7 Å². The molecule has 1 heterocycles. The predicted octanol–water partition coefficient (Wildman–Crippen LogP) is 4.72. The summed E-state index contributed by atoms with van der Waals surface area (Å²) in [6.45, 7) is 3.81. The molecule has 1 amide bonds.